The molecule has 0 aromatic rings. The molecule has 0 radical (unpaired) electrons. The molecule has 1 saturated carbocycles. The molecule has 0 unspecified atom stereocenters. The van der Waals surface area contributed by atoms with Crippen LogP contribution in [0.3, 0.4) is 0 Å². The highest BCUT2D eigenvalue weighted by atomic mass is 19.1. The van der Waals surface area contributed by atoms with Crippen LogP contribution in [-0.4, -0.2) is 43.4 Å². The summed E-state index contributed by atoms with van der Waals surface area (Å²) in [5.41, 5.74) is 4.94. The number of carbonyl (C=O) groups excluding carboxylic acids is 1. The molecule has 4 nitrogen and oxygen atoms in total. The topological polar surface area (TPSA) is 55.6 Å². The highest BCUT2D eigenvalue weighted by molar-refractivity contribution is 5.64. The zero-order valence-electron chi connectivity index (χ0n) is 9.12. The lowest BCUT2D eigenvalue weighted by molar-refractivity contribution is 0.0575. The fourth-order valence-electron chi connectivity index (χ4n) is 2.08. The predicted molar refractivity (Wildman–Crippen MR) is 55.3 cm³/mol. The van der Waals surface area contributed by atoms with Crippen LogP contribution in [0.2, 0.25) is 0 Å². The Labute approximate surface area is 89.6 Å². The highest BCUT2D eigenvalue weighted by Gasteiger charge is 2.25. The van der Waals surface area contributed by atoms with E-state index in [4.69, 9.17) is 10.5 Å². The van der Waals surface area contributed by atoms with Gasteiger partial charge in [-0.25, -0.2) is 9.18 Å². The number of primary amides is 1. The quantitative estimate of drug-likeness (QED) is 0.773. The Kier molecular flexibility index (Phi) is 4.81. The second-order valence-corrected chi connectivity index (χ2v) is 4.04. The van der Waals surface area contributed by atoms with Gasteiger partial charge in [0.15, 0.2) is 0 Å². The lowest BCUT2D eigenvalue weighted by atomic mass is 9.92. The van der Waals surface area contributed by atoms with E-state index < -0.39 is 6.09 Å². The molecule has 0 saturated heterocycles. The van der Waals surface area contributed by atoms with Gasteiger partial charge in [-0.05, 0) is 32.7 Å². The molecule has 1 amide bonds. The number of amides is 1. The number of carbonyl (C=O) groups is 1. The summed E-state index contributed by atoms with van der Waals surface area (Å²) in [5.74, 6) is 0. The zero-order chi connectivity index (χ0) is 11.3. The fourth-order valence-corrected chi connectivity index (χ4v) is 2.08. The van der Waals surface area contributed by atoms with Gasteiger partial charge in [0.05, 0.1) is 0 Å². The summed E-state index contributed by atoms with van der Waals surface area (Å²) in [6, 6.07) is 0.411. The first-order valence-electron chi connectivity index (χ1n) is 5.35. The molecule has 1 rings (SSSR count). The van der Waals surface area contributed by atoms with Gasteiger partial charge < -0.3 is 15.4 Å². The molecule has 5 heteroatoms. The van der Waals surface area contributed by atoms with Gasteiger partial charge in [0.25, 0.3) is 0 Å². The van der Waals surface area contributed by atoms with Crippen molar-refractivity contribution in [3.63, 3.8) is 0 Å². The third-order valence-corrected chi connectivity index (χ3v) is 2.99. The largest absolute Gasteiger partial charge is 0.446 e. The van der Waals surface area contributed by atoms with E-state index in [1.807, 2.05) is 11.9 Å². The van der Waals surface area contributed by atoms with E-state index in [0.29, 0.717) is 12.6 Å². The van der Waals surface area contributed by atoms with E-state index >= 15 is 0 Å². The van der Waals surface area contributed by atoms with Gasteiger partial charge in [0, 0.05) is 12.6 Å². The maximum Gasteiger partial charge on any atom is 0.404 e. The molecule has 0 bridgehead atoms. The minimum Gasteiger partial charge on any atom is -0.446 e. The van der Waals surface area contributed by atoms with Crippen molar-refractivity contribution in [1.82, 2.24) is 4.90 Å². The Bertz CT molecular complexity index is 206. The van der Waals surface area contributed by atoms with Crippen LogP contribution in [0, 0.1) is 0 Å². The Morgan fingerprint density at radius 1 is 1.47 bits per heavy atom. The number of halogens is 1. The SMILES string of the molecule is CN(CCF)[C@H]1CC[C@H](OC(N)=O)CC1. The summed E-state index contributed by atoms with van der Waals surface area (Å²) >= 11 is 0. The number of ether oxygens (including phenoxy) is 1. The highest BCUT2D eigenvalue weighted by Crippen LogP contribution is 2.24. The van der Waals surface area contributed by atoms with Gasteiger partial charge in [0.1, 0.15) is 12.8 Å². The van der Waals surface area contributed by atoms with E-state index in [-0.39, 0.29) is 12.8 Å². The van der Waals surface area contributed by atoms with Crippen LogP contribution in [0.5, 0.6) is 0 Å². The van der Waals surface area contributed by atoms with E-state index in [0.717, 1.165) is 25.7 Å². The van der Waals surface area contributed by atoms with Gasteiger partial charge in [0.2, 0.25) is 0 Å². The number of alkyl halides is 1. The Morgan fingerprint density at radius 3 is 2.53 bits per heavy atom. The van der Waals surface area contributed by atoms with Crippen LogP contribution in [0.25, 0.3) is 0 Å². The molecular weight excluding hydrogens is 199 g/mol. The minimum absolute atomic E-state index is 0.0440. The average Bonchev–Trinajstić information content (AvgIpc) is 2.18. The molecule has 15 heavy (non-hydrogen) atoms. The van der Waals surface area contributed by atoms with Crippen molar-refractivity contribution in [1.29, 1.82) is 0 Å². The molecular formula is C10H19FN2O2. The first kappa shape index (κ1) is 12.2. The van der Waals surface area contributed by atoms with Crippen molar-refractivity contribution in [2.45, 2.75) is 37.8 Å². The summed E-state index contributed by atoms with van der Waals surface area (Å²) in [4.78, 5) is 12.6. The van der Waals surface area contributed by atoms with Gasteiger partial charge in [-0.2, -0.15) is 0 Å². The zero-order valence-corrected chi connectivity index (χ0v) is 9.12. The number of nitrogens with zero attached hydrogens (tertiary/aromatic N) is 1. The van der Waals surface area contributed by atoms with E-state index in [9.17, 15) is 9.18 Å². The molecule has 0 aromatic carbocycles. The molecule has 0 heterocycles. The van der Waals surface area contributed by atoms with Crippen molar-refractivity contribution in [2.75, 3.05) is 20.3 Å². The molecule has 1 aliphatic carbocycles. The lowest BCUT2D eigenvalue weighted by Gasteiger charge is -2.33. The monoisotopic (exact) mass is 218 g/mol. The van der Waals surface area contributed by atoms with E-state index in [1.54, 1.807) is 0 Å². The smallest absolute Gasteiger partial charge is 0.404 e. The first-order valence-corrected chi connectivity index (χ1v) is 5.35. The Hall–Kier alpha value is -0.840. The second kappa shape index (κ2) is 5.90. The maximum atomic E-state index is 12.1. The van der Waals surface area contributed by atoms with Gasteiger partial charge >= 0.3 is 6.09 Å². The molecule has 1 aliphatic rings. The van der Waals surface area contributed by atoms with E-state index in [2.05, 4.69) is 0 Å². The normalized spacial score (nSPS) is 26.6. The molecule has 1 fully saturated rings. The number of rotatable bonds is 4. The molecule has 2 N–H and O–H groups in total. The summed E-state index contributed by atoms with van der Waals surface area (Å²) < 4.78 is 17.0. The average molecular weight is 218 g/mol. The van der Waals surface area contributed by atoms with Gasteiger partial charge in [-0.15, -0.1) is 0 Å². The van der Waals surface area contributed by atoms with Gasteiger partial charge in [-0.1, -0.05) is 0 Å². The van der Waals surface area contributed by atoms with Crippen LogP contribution in [-0.2, 0) is 4.74 Å². The summed E-state index contributed by atoms with van der Waals surface area (Å²) in [7, 11) is 1.93. The van der Waals surface area contributed by atoms with Crippen molar-refractivity contribution in [2.24, 2.45) is 5.73 Å². The number of hydrogen-bond acceptors (Lipinski definition) is 3. The fraction of sp³-hybridized carbons (Fsp3) is 0.900. The molecule has 88 valence electrons. The molecule has 0 aliphatic heterocycles. The van der Waals surface area contributed by atoms with E-state index in [1.165, 1.54) is 0 Å². The molecule has 0 atom stereocenters. The molecule has 0 spiro atoms. The Balaban J connectivity index is 2.26. The first-order chi connectivity index (χ1) is 7.13. The second-order valence-electron chi connectivity index (χ2n) is 4.04. The van der Waals surface area contributed by atoms with Crippen molar-refractivity contribution < 1.29 is 13.9 Å². The third kappa shape index (κ3) is 4.03. The number of nitrogens with two attached hydrogens (primary N) is 1. The standard InChI is InChI=1S/C10H19FN2O2/c1-13(7-6-11)8-2-4-9(5-3-8)15-10(12)14/h8-9H,2-7H2,1H3,(H2,12,14)/t8-,9-. The Morgan fingerprint density at radius 2 is 2.07 bits per heavy atom. The maximum absolute atomic E-state index is 12.1. The van der Waals surface area contributed by atoms with Crippen LogP contribution in [0.4, 0.5) is 9.18 Å². The van der Waals surface area contributed by atoms with Crippen LogP contribution < -0.4 is 5.73 Å². The third-order valence-electron chi connectivity index (χ3n) is 2.99. The van der Waals surface area contributed by atoms with Crippen LogP contribution >= 0.6 is 0 Å². The van der Waals surface area contributed by atoms with Crippen molar-refractivity contribution in [3.05, 3.63) is 0 Å². The lowest BCUT2D eigenvalue weighted by Crippen LogP contribution is -2.38. The predicted octanol–water partition coefficient (Wildman–Crippen LogP) is 1.29. The summed E-state index contributed by atoms with van der Waals surface area (Å²) in [5, 5.41) is 0. The van der Waals surface area contributed by atoms with Gasteiger partial charge in [-0.3, -0.25) is 0 Å². The summed E-state index contributed by atoms with van der Waals surface area (Å²) in [6.07, 6.45) is 2.78. The van der Waals surface area contributed by atoms with Crippen molar-refractivity contribution in [3.8, 4) is 0 Å². The molecule has 0 aromatic heterocycles. The van der Waals surface area contributed by atoms with Crippen molar-refractivity contribution >= 4 is 6.09 Å². The van der Waals surface area contributed by atoms with Crippen LogP contribution in [0.15, 0.2) is 0 Å². The minimum atomic E-state index is -0.699. The number of hydrogen-bond donors (Lipinski definition) is 1. The summed E-state index contributed by atoms with van der Waals surface area (Å²) in [6.45, 7) is 0.167. The van der Waals surface area contributed by atoms with Crippen LogP contribution in [0.1, 0.15) is 25.7 Å².